The van der Waals surface area contributed by atoms with Crippen LogP contribution in [0.25, 0.3) is 0 Å². The Kier molecular flexibility index (Phi) is 25.2. The Hall–Kier alpha value is -4.10. The molecule has 0 aromatic heterocycles. The van der Waals surface area contributed by atoms with Crippen LogP contribution in [0.4, 0.5) is 0 Å². The van der Waals surface area contributed by atoms with Gasteiger partial charge in [-0.3, -0.25) is 28.8 Å². The van der Waals surface area contributed by atoms with Crippen LogP contribution in [0.15, 0.2) is 12.2 Å². The molecule has 0 radical (unpaired) electrons. The van der Waals surface area contributed by atoms with Gasteiger partial charge in [0.05, 0.1) is 23.7 Å². The SMILES string of the molecule is C.C.C.CC1C(=O)OC(=O)C1CC(C)(CC(=O)O)C(=O)O.CCC(=O)O.CCCC(=O)O.O=C1C=CC(=O)O1. The van der Waals surface area contributed by atoms with Gasteiger partial charge in [-0.05, 0) is 19.8 Å². The Bertz CT molecular complexity index is 873. The van der Waals surface area contributed by atoms with Crippen LogP contribution in [-0.2, 0) is 47.8 Å². The Labute approximate surface area is 228 Å². The first-order valence-electron chi connectivity index (χ1n) is 10.6. The first-order chi connectivity index (χ1) is 16.5. The number of hydrogen-bond donors (Lipinski definition) is 4. The van der Waals surface area contributed by atoms with Gasteiger partial charge in [0.15, 0.2) is 0 Å². The second-order valence-corrected chi connectivity index (χ2v) is 7.74. The molecule has 0 spiro atoms. The largest absolute Gasteiger partial charge is 0.481 e. The topological polar surface area (TPSA) is 236 Å². The van der Waals surface area contributed by atoms with E-state index in [1.54, 1.807) is 6.92 Å². The molecule has 226 valence electrons. The van der Waals surface area contributed by atoms with Gasteiger partial charge in [-0.1, -0.05) is 43.1 Å². The molecule has 4 N–H and O–H groups in total. The summed E-state index contributed by atoms with van der Waals surface area (Å²) in [6.07, 6.45) is 2.56. The third-order valence-electron chi connectivity index (χ3n) is 4.53. The maximum atomic E-state index is 11.4. The molecule has 2 aliphatic heterocycles. The zero-order valence-electron chi connectivity index (χ0n) is 20.2. The summed E-state index contributed by atoms with van der Waals surface area (Å²) in [5.74, 6) is -8.34. The van der Waals surface area contributed by atoms with E-state index in [0.29, 0.717) is 6.42 Å². The van der Waals surface area contributed by atoms with Gasteiger partial charge in [-0.15, -0.1) is 0 Å². The number of hydrogen-bond acceptors (Lipinski definition) is 10. The summed E-state index contributed by atoms with van der Waals surface area (Å²) in [5, 5.41) is 33.4. The molecule has 0 aliphatic carbocycles. The van der Waals surface area contributed by atoms with Crippen molar-refractivity contribution >= 4 is 47.8 Å². The van der Waals surface area contributed by atoms with Crippen molar-refractivity contribution in [1.29, 1.82) is 0 Å². The van der Waals surface area contributed by atoms with Crippen molar-refractivity contribution in [2.75, 3.05) is 0 Å². The lowest BCUT2D eigenvalue weighted by atomic mass is 9.75. The number of rotatable bonds is 8. The molecule has 2 rings (SSSR count). The van der Waals surface area contributed by atoms with E-state index < -0.39 is 71.4 Å². The maximum Gasteiger partial charge on any atom is 0.338 e. The molecule has 14 nitrogen and oxygen atoms in total. The van der Waals surface area contributed by atoms with Crippen molar-refractivity contribution in [3.8, 4) is 0 Å². The molecule has 1 fully saturated rings. The van der Waals surface area contributed by atoms with E-state index in [9.17, 15) is 38.4 Å². The Morgan fingerprint density at radius 2 is 1.23 bits per heavy atom. The zero-order valence-corrected chi connectivity index (χ0v) is 20.2. The van der Waals surface area contributed by atoms with Gasteiger partial charge < -0.3 is 29.9 Å². The minimum Gasteiger partial charge on any atom is -0.481 e. The Morgan fingerprint density at radius 1 is 0.795 bits per heavy atom. The van der Waals surface area contributed by atoms with Gasteiger partial charge >= 0.3 is 47.8 Å². The van der Waals surface area contributed by atoms with Crippen molar-refractivity contribution in [3.63, 3.8) is 0 Å². The number of carbonyl (C=O) groups is 8. The molecule has 3 unspecified atom stereocenters. The third-order valence-corrected chi connectivity index (χ3v) is 4.53. The molecule has 2 heterocycles. The molecular formula is C25H42O14. The van der Waals surface area contributed by atoms with Crippen LogP contribution in [-0.4, -0.2) is 68.2 Å². The fourth-order valence-corrected chi connectivity index (χ4v) is 2.47. The van der Waals surface area contributed by atoms with E-state index in [-0.39, 0.29) is 35.1 Å². The lowest BCUT2D eigenvalue weighted by Gasteiger charge is -2.25. The highest BCUT2D eigenvalue weighted by Gasteiger charge is 2.48. The lowest BCUT2D eigenvalue weighted by molar-refractivity contribution is -0.158. The summed E-state index contributed by atoms with van der Waals surface area (Å²) in [5.41, 5.74) is -1.60. The molecule has 0 bridgehead atoms. The van der Waals surface area contributed by atoms with Crippen LogP contribution in [0.2, 0.25) is 0 Å². The summed E-state index contributed by atoms with van der Waals surface area (Å²) < 4.78 is 8.37. The molecule has 14 heteroatoms. The van der Waals surface area contributed by atoms with Crippen LogP contribution in [0, 0.1) is 17.3 Å². The van der Waals surface area contributed by atoms with Gasteiger partial charge in [-0.2, -0.15) is 0 Å². The quantitative estimate of drug-likeness (QED) is 0.244. The van der Waals surface area contributed by atoms with Gasteiger partial charge in [0.1, 0.15) is 0 Å². The monoisotopic (exact) mass is 566 g/mol. The van der Waals surface area contributed by atoms with E-state index in [4.69, 9.17) is 20.4 Å². The summed E-state index contributed by atoms with van der Waals surface area (Å²) in [7, 11) is 0. The lowest BCUT2D eigenvalue weighted by Crippen LogP contribution is -2.35. The highest BCUT2D eigenvalue weighted by atomic mass is 16.6. The second-order valence-electron chi connectivity index (χ2n) is 7.74. The maximum absolute atomic E-state index is 11.4. The van der Waals surface area contributed by atoms with Crippen LogP contribution in [0.5, 0.6) is 0 Å². The van der Waals surface area contributed by atoms with Crippen molar-refractivity contribution in [2.45, 2.75) is 82.1 Å². The van der Waals surface area contributed by atoms with Gasteiger partial charge in [0.25, 0.3) is 0 Å². The molecule has 0 saturated carbocycles. The van der Waals surface area contributed by atoms with Gasteiger partial charge in [0, 0.05) is 25.0 Å². The molecular weight excluding hydrogens is 524 g/mol. The van der Waals surface area contributed by atoms with Crippen molar-refractivity contribution in [2.24, 2.45) is 17.3 Å². The predicted octanol–water partition coefficient (Wildman–Crippen LogP) is 3.16. The van der Waals surface area contributed by atoms with Crippen molar-refractivity contribution in [1.82, 2.24) is 0 Å². The Balaban J connectivity index is -0.000000152. The Morgan fingerprint density at radius 3 is 1.41 bits per heavy atom. The summed E-state index contributed by atoms with van der Waals surface area (Å²) in [6, 6.07) is 0. The van der Waals surface area contributed by atoms with E-state index in [0.717, 1.165) is 18.6 Å². The number of carboxylic acid groups (broad SMARTS) is 4. The van der Waals surface area contributed by atoms with Crippen molar-refractivity contribution < 1.29 is 68.3 Å². The number of esters is 4. The third kappa shape index (κ3) is 19.6. The van der Waals surface area contributed by atoms with Crippen LogP contribution >= 0.6 is 0 Å². The molecule has 0 aromatic rings. The highest BCUT2D eigenvalue weighted by molar-refractivity contribution is 6.04. The fourth-order valence-electron chi connectivity index (χ4n) is 2.47. The highest BCUT2D eigenvalue weighted by Crippen LogP contribution is 2.37. The normalized spacial score (nSPS) is 17.6. The van der Waals surface area contributed by atoms with Gasteiger partial charge in [-0.25, -0.2) is 9.59 Å². The summed E-state index contributed by atoms with van der Waals surface area (Å²) in [6.45, 7) is 6.14. The molecule has 0 amide bonds. The minimum absolute atomic E-state index is 0. The minimum atomic E-state index is -1.60. The summed E-state index contributed by atoms with van der Waals surface area (Å²) in [4.78, 5) is 83.2. The average molecular weight is 567 g/mol. The number of carboxylic acids is 4. The molecule has 1 saturated heterocycles. The zero-order chi connectivity index (χ0) is 28.6. The summed E-state index contributed by atoms with van der Waals surface area (Å²) >= 11 is 0. The second kappa shape index (κ2) is 21.9. The number of carbonyl (C=O) groups excluding carboxylic acids is 4. The van der Waals surface area contributed by atoms with E-state index in [1.165, 1.54) is 13.8 Å². The molecule has 2 aliphatic rings. The average Bonchev–Trinajstić information content (AvgIpc) is 3.24. The van der Waals surface area contributed by atoms with Crippen LogP contribution in [0.3, 0.4) is 0 Å². The number of cyclic esters (lactones) is 4. The van der Waals surface area contributed by atoms with Crippen LogP contribution < -0.4 is 0 Å². The van der Waals surface area contributed by atoms with Gasteiger partial charge in [0.2, 0.25) is 0 Å². The molecule has 3 atom stereocenters. The first kappa shape index (κ1) is 44.9. The molecule has 39 heavy (non-hydrogen) atoms. The number of ether oxygens (including phenoxy) is 2. The first-order valence-corrected chi connectivity index (χ1v) is 10.6. The van der Waals surface area contributed by atoms with E-state index in [2.05, 4.69) is 9.47 Å². The number of aliphatic carboxylic acids is 4. The fraction of sp³-hybridized carbons (Fsp3) is 0.600. The standard InChI is InChI=1S/C11H14O7.C4H2O3.C4H8O2.C3H6O2.3CH4/c1-5-6(9(15)18-8(5)14)3-11(2,10(16)17)4-7(12)13;5-3-1-2-4(6)7-3;1-2-3-4(5)6;1-2-3(4)5;;;/h5-6H,3-4H2,1-2H3,(H,12,13)(H,16,17);1-2H;2-3H2,1H3,(H,5,6);2H2,1H3,(H,4,5);3*1H4. The smallest absolute Gasteiger partial charge is 0.338 e. The van der Waals surface area contributed by atoms with Crippen molar-refractivity contribution in [3.05, 3.63) is 12.2 Å². The molecule has 0 aromatic carbocycles. The predicted molar refractivity (Wildman–Crippen MR) is 137 cm³/mol. The van der Waals surface area contributed by atoms with E-state index >= 15 is 0 Å². The van der Waals surface area contributed by atoms with E-state index in [1.807, 2.05) is 6.92 Å². The van der Waals surface area contributed by atoms with Crippen LogP contribution in [0.1, 0.15) is 82.1 Å².